The summed E-state index contributed by atoms with van der Waals surface area (Å²) in [6.45, 7) is 2.25. The molecule has 4 rings (SSSR count). The fraction of sp³-hybridized carbons (Fsp3) is 0.103. The molecular formula is C29H23ClN2O3. The number of halogens is 1. The van der Waals surface area contributed by atoms with Crippen LogP contribution in [0.2, 0.25) is 5.02 Å². The Labute approximate surface area is 209 Å². The van der Waals surface area contributed by atoms with E-state index in [1.807, 2.05) is 31.2 Å². The average Bonchev–Trinajstić information content (AvgIpc) is 2.88. The molecule has 1 amide bonds. The fourth-order valence-corrected chi connectivity index (χ4v) is 3.75. The Morgan fingerprint density at radius 2 is 1.80 bits per heavy atom. The number of aryl methyl sites for hydroxylation is 1. The molecule has 5 nitrogen and oxygen atoms in total. The molecule has 174 valence electrons. The van der Waals surface area contributed by atoms with E-state index in [0.717, 1.165) is 16.5 Å². The predicted molar refractivity (Wildman–Crippen MR) is 140 cm³/mol. The first-order valence-corrected chi connectivity index (χ1v) is 11.3. The van der Waals surface area contributed by atoms with Crippen molar-refractivity contribution in [2.45, 2.75) is 13.5 Å². The number of benzene rings is 4. The van der Waals surface area contributed by atoms with Gasteiger partial charge >= 0.3 is 0 Å². The zero-order valence-electron chi connectivity index (χ0n) is 19.3. The molecule has 35 heavy (non-hydrogen) atoms. The zero-order valence-corrected chi connectivity index (χ0v) is 20.1. The maximum atomic E-state index is 12.6. The maximum absolute atomic E-state index is 12.6. The van der Waals surface area contributed by atoms with E-state index in [9.17, 15) is 10.1 Å². The van der Waals surface area contributed by atoms with Crippen LogP contribution in [-0.4, -0.2) is 13.0 Å². The summed E-state index contributed by atoms with van der Waals surface area (Å²) < 4.78 is 11.5. The van der Waals surface area contributed by atoms with E-state index < -0.39 is 5.91 Å². The molecule has 0 saturated carbocycles. The van der Waals surface area contributed by atoms with Crippen LogP contribution >= 0.6 is 11.6 Å². The summed E-state index contributed by atoms with van der Waals surface area (Å²) in [6.07, 6.45) is 1.50. The van der Waals surface area contributed by atoms with E-state index in [0.29, 0.717) is 34.4 Å². The number of nitriles is 1. The van der Waals surface area contributed by atoms with E-state index in [4.69, 9.17) is 21.1 Å². The SMILES string of the molecule is COc1cc(/C=C(/C#N)C(=O)Nc2ccc(C)c(Cl)c2)ccc1OCc1ccc2ccccc2c1. The minimum atomic E-state index is -0.525. The number of ether oxygens (including phenoxy) is 2. The number of fused-ring (bicyclic) bond motifs is 1. The molecule has 0 radical (unpaired) electrons. The summed E-state index contributed by atoms with van der Waals surface area (Å²) >= 11 is 6.12. The van der Waals surface area contributed by atoms with Gasteiger partial charge in [0.25, 0.3) is 5.91 Å². The predicted octanol–water partition coefficient (Wildman–Crippen LogP) is 6.93. The molecule has 0 fully saturated rings. The molecule has 4 aromatic carbocycles. The Balaban J connectivity index is 1.49. The van der Waals surface area contributed by atoms with Crippen LogP contribution in [0.1, 0.15) is 16.7 Å². The monoisotopic (exact) mass is 482 g/mol. The van der Waals surface area contributed by atoms with E-state index in [1.165, 1.54) is 11.5 Å². The second-order valence-corrected chi connectivity index (χ2v) is 8.38. The highest BCUT2D eigenvalue weighted by Crippen LogP contribution is 2.30. The maximum Gasteiger partial charge on any atom is 0.266 e. The molecule has 0 saturated heterocycles. The Morgan fingerprint density at radius 3 is 2.54 bits per heavy atom. The molecule has 1 N–H and O–H groups in total. The van der Waals surface area contributed by atoms with Crippen LogP contribution in [0.25, 0.3) is 16.8 Å². The number of carbonyl (C=O) groups is 1. The summed E-state index contributed by atoms with van der Waals surface area (Å²) in [5.74, 6) is 0.542. The molecule has 0 atom stereocenters. The number of carbonyl (C=O) groups excluding carboxylic acids is 1. The van der Waals surface area contributed by atoms with Crippen molar-refractivity contribution in [3.63, 3.8) is 0 Å². The van der Waals surface area contributed by atoms with Gasteiger partial charge in [0.1, 0.15) is 18.2 Å². The molecule has 0 spiro atoms. The van der Waals surface area contributed by atoms with E-state index in [1.54, 1.807) is 43.5 Å². The first-order valence-electron chi connectivity index (χ1n) is 10.9. The summed E-state index contributed by atoms with van der Waals surface area (Å²) in [6, 6.07) is 26.7. The molecule has 6 heteroatoms. The summed E-state index contributed by atoms with van der Waals surface area (Å²) in [5, 5.41) is 15.1. The van der Waals surface area contributed by atoms with Crippen molar-refractivity contribution >= 4 is 40.0 Å². The second-order valence-electron chi connectivity index (χ2n) is 7.97. The number of nitrogens with zero attached hydrogens (tertiary/aromatic N) is 1. The van der Waals surface area contributed by atoms with Gasteiger partial charge in [-0.25, -0.2) is 0 Å². The molecular weight excluding hydrogens is 460 g/mol. The van der Waals surface area contributed by atoms with Gasteiger partial charge in [-0.15, -0.1) is 0 Å². The van der Waals surface area contributed by atoms with Gasteiger partial charge in [-0.3, -0.25) is 4.79 Å². The quantitative estimate of drug-likeness (QED) is 0.229. The fourth-order valence-electron chi connectivity index (χ4n) is 3.57. The molecule has 0 unspecified atom stereocenters. The Kier molecular flexibility index (Phi) is 7.35. The highest BCUT2D eigenvalue weighted by molar-refractivity contribution is 6.31. The third-order valence-corrected chi connectivity index (χ3v) is 5.91. The Bertz CT molecular complexity index is 1470. The third-order valence-electron chi connectivity index (χ3n) is 5.50. The lowest BCUT2D eigenvalue weighted by Gasteiger charge is -2.12. The number of anilines is 1. The van der Waals surface area contributed by atoms with E-state index >= 15 is 0 Å². The number of amides is 1. The topological polar surface area (TPSA) is 71.3 Å². The van der Waals surface area contributed by atoms with Gasteiger partial charge in [0.2, 0.25) is 0 Å². The number of methoxy groups -OCH3 is 1. The lowest BCUT2D eigenvalue weighted by molar-refractivity contribution is -0.112. The van der Waals surface area contributed by atoms with Crippen LogP contribution in [0.3, 0.4) is 0 Å². The molecule has 4 aromatic rings. The molecule has 0 heterocycles. The highest BCUT2D eigenvalue weighted by atomic mass is 35.5. The number of hydrogen-bond acceptors (Lipinski definition) is 4. The molecule has 0 bridgehead atoms. The van der Waals surface area contributed by atoms with Crippen LogP contribution in [0.4, 0.5) is 5.69 Å². The average molecular weight is 483 g/mol. The molecule has 0 aromatic heterocycles. The zero-order chi connectivity index (χ0) is 24.8. The highest BCUT2D eigenvalue weighted by Gasteiger charge is 2.12. The van der Waals surface area contributed by atoms with Gasteiger partial charge in [0, 0.05) is 10.7 Å². The van der Waals surface area contributed by atoms with Gasteiger partial charge in [-0.1, -0.05) is 60.1 Å². The molecule has 0 aliphatic rings. The van der Waals surface area contributed by atoms with Crippen molar-refractivity contribution in [1.82, 2.24) is 0 Å². The van der Waals surface area contributed by atoms with Crippen molar-refractivity contribution in [3.05, 3.63) is 106 Å². The smallest absolute Gasteiger partial charge is 0.266 e. The van der Waals surface area contributed by atoms with Crippen LogP contribution < -0.4 is 14.8 Å². The van der Waals surface area contributed by atoms with Crippen molar-refractivity contribution in [3.8, 4) is 17.6 Å². The van der Waals surface area contributed by atoms with Crippen molar-refractivity contribution in [2.75, 3.05) is 12.4 Å². The number of nitrogens with one attached hydrogen (secondary N) is 1. The van der Waals surface area contributed by atoms with Crippen LogP contribution in [0.15, 0.2) is 84.4 Å². The third kappa shape index (κ3) is 5.81. The minimum absolute atomic E-state index is 0.0476. The first-order chi connectivity index (χ1) is 17.0. The number of hydrogen-bond donors (Lipinski definition) is 1. The summed E-state index contributed by atoms with van der Waals surface area (Å²) in [4.78, 5) is 12.6. The Morgan fingerprint density at radius 1 is 1.00 bits per heavy atom. The van der Waals surface area contributed by atoms with Gasteiger partial charge < -0.3 is 14.8 Å². The van der Waals surface area contributed by atoms with Crippen molar-refractivity contribution in [1.29, 1.82) is 5.26 Å². The summed E-state index contributed by atoms with van der Waals surface area (Å²) in [7, 11) is 1.55. The normalized spacial score (nSPS) is 11.1. The lowest BCUT2D eigenvalue weighted by atomic mass is 10.1. The van der Waals surface area contributed by atoms with Gasteiger partial charge in [0.05, 0.1) is 7.11 Å². The van der Waals surface area contributed by atoms with Gasteiger partial charge in [-0.05, 0) is 70.8 Å². The van der Waals surface area contributed by atoms with E-state index in [2.05, 4.69) is 29.6 Å². The first kappa shape index (κ1) is 23.9. The summed E-state index contributed by atoms with van der Waals surface area (Å²) in [5.41, 5.74) is 3.04. The van der Waals surface area contributed by atoms with Gasteiger partial charge in [0.15, 0.2) is 11.5 Å². The molecule has 0 aliphatic heterocycles. The van der Waals surface area contributed by atoms with Crippen LogP contribution in [0, 0.1) is 18.3 Å². The molecule has 0 aliphatic carbocycles. The second kappa shape index (κ2) is 10.8. The standard InChI is InChI=1S/C29H23ClN2O3/c1-19-7-11-25(16-26(19)30)32-29(33)24(17-31)13-20-9-12-27(28(15-20)34-2)35-18-21-8-10-22-5-3-4-6-23(22)14-21/h3-16H,18H2,1-2H3,(H,32,33)/b24-13-. The van der Waals surface area contributed by atoms with Crippen LogP contribution in [-0.2, 0) is 11.4 Å². The van der Waals surface area contributed by atoms with E-state index in [-0.39, 0.29) is 5.57 Å². The largest absolute Gasteiger partial charge is 0.493 e. The number of rotatable bonds is 7. The van der Waals surface area contributed by atoms with Crippen molar-refractivity contribution < 1.29 is 14.3 Å². The minimum Gasteiger partial charge on any atom is -0.493 e. The lowest BCUT2D eigenvalue weighted by Crippen LogP contribution is -2.13. The Hall–Kier alpha value is -4.27. The van der Waals surface area contributed by atoms with Gasteiger partial charge in [-0.2, -0.15) is 5.26 Å². The van der Waals surface area contributed by atoms with Crippen LogP contribution in [0.5, 0.6) is 11.5 Å². The van der Waals surface area contributed by atoms with Crippen molar-refractivity contribution in [2.24, 2.45) is 0 Å².